The summed E-state index contributed by atoms with van der Waals surface area (Å²) in [6.07, 6.45) is 5.76. The Morgan fingerprint density at radius 1 is 1.12 bits per heavy atom. The van der Waals surface area contributed by atoms with E-state index < -0.39 is 0 Å². The largest absolute Gasteiger partial charge is 0.349 e. The van der Waals surface area contributed by atoms with Crippen LogP contribution in [0.2, 0.25) is 0 Å². The average molecular weight is 361 g/mol. The van der Waals surface area contributed by atoms with Crippen molar-refractivity contribution in [2.75, 3.05) is 24.5 Å². The van der Waals surface area contributed by atoms with Gasteiger partial charge in [0.15, 0.2) is 13.1 Å². The molecular weight excluding hydrogens is 326 g/mol. The molecule has 0 aliphatic heterocycles. The van der Waals surface area contributed by atoms with Gasteiger partial charge in [-0.25, -0.2) is 0 Å². The first-order valence-corrected chi connectivity index (χ1v) is 10.0. The number of amides is 2. The van der Waals surface area contributed by atoms with Crippen LogP contribution in [0.3, 0.4) is 0 Å². The van der Waals surface area contributed by atoms with Gasteiger partial charge in [-0.15, -0.1) is 0 Å². The van der Waals surface area contributed by atoms with Gasteiger partial charge in [0, 0.05) is 17.8 Å². The van der Waals surface area contributed by atoms with Crippen molar-refractivity contribution >= 4 is 17.5 Å². The lowest BCUT2D eigenvalue weighted by Crippen LogP contribution is -3.14. The number of nitrogens with zero attached hydrogens (tertiary/aromatic N) is 1. The number of carbonyl (C=O) groups is 2. The summed E-state index contributed by atoms with van der Waals surface area (Å²) in [4.78, 5) is 28.3. The highest BCUT2D eigenvalue weighted by Gasteiger charge is 2.29. The van der Waals surface area contributed by atoms with Crippen LogP contribution in [0.15, 0.2) is 30.3 Å². The molecule has 0 radical (unpaired) electrons. The van der Waals surface area contributed by atoms with Crippen LogP contribution in [0.4, 0.5) is 5.69 Å². The summed E-state index contributed by atoms with van der Waals surface area (Å²) in [6, 6.07) is 10.4. The number of likely N-dealkylation sites (N-methyl/N-ethyl adjacent to an activating group) is 1. The first-order valence-electron chi connectivity index (χ1n) is 10.0. The van der Waals surface area contributed by atoms with E-state index in [-0.39, 0.29) is 23.9 Å². The Labute approximate surface area is 157 Å². The van der Waals surface area contributed by atoms with Gasteiger partial charge in [0.2, 0.25) is 0 Å². The van der Waals surface area contributed by atoms with Gasteiger partial charge in [0.25, 0.3) is 11.8 Å². The Hall–Kier alpha value is -1.88. The maximum Gasteiger partial charge on any atom is 0.282 e. The molecule has 144 valence electrons. The Kier molecular flexibility index (Phi) is 8.10. The third-order valence-electron chi connectivity index (χ3n) is 5.00. The van der Waals surface area contributed by atoms with E-state index in [0.717, 1.165) is 30.0 Å². The van der Waals surface area contributed by atoms with Crippen LogP contribution in [-0.4, -0.2) is 43.5 Å². The average Bonchev–Trinajstić information content (AvgIpc) is 2.62. The second-order valence-electron chi connectivity index (χ2n) is 7.57. The van der Waals surface area contributed by atoms with Gasteiger partial charge in [-0.1, -0.05) is 37.5 Å². The number of para-hydroxylation sites is 1. The molecule has 1 unspecified atom stereocenters. The minimum atomic E-state index is 0.00794. The van der Waals surface area contributed by atoms with Crippen molar-refractivity contribution in [1.29, 1.82) is 0 Å². The van der Waals surface area contributed by atoms with E-state index in [4.69, 9.17) is 0 Å². The van der Waals surface area contributed by atoms with E-state index in [9.17, 15) is 9.59 Å². The van der Waals surface area contributed by atoms with Gasteiger partial charge < -0.3 is 15.1 Å². The number of benzene rings is 1. The summed E-state index contributed by atoms with van der Waals surface area (Å²) in [6.45, 7) is 7.38. The lowest BCUT2D eigenvalue weighted by molar-refractivity contribution is -0.881. The summed E-state index contributed by atoms with van der Waals surface area (Å²) >= 11 is 0. The molecule has 2 N–H and O–H groups in total. The zero-order chi connectivity index (χ0) is 18.9. The van der Waals surface area contributed by atoms with Crippen molar-refractivity contribution in [3.05, 3.63) is 30.3 Å². The summed E-state index contributed by atoms with van der Waals surface area (Å²) in [7, 11) is 0. The lowest BCUT2D eigenvalue weighted by atomic mass is 9.93. The van der Waals surface area contributed by atoms with Crippen LogP contribution in [0.5, 0.6) is 0 Å². The van der Waals surface area contributed by atoms with E-state index in [1.54, 1.807) is 0 Å². The standard InChI is InChI=1S/C21H33N3O2/c1-4-23(15-20(25)22-17(2)3)16-21(26)24(18-11-7-5-8-12-18)19-13-9-6-10-14-19/h5,7-8,11-12,17,19H,4,6,9-10,13-16H2,1-3H3,(H,22,25)/p+1. The maximum atomic E-state index is 13.2. The third-order valence-corrected chi connectivity index (χ3v) is 5.00. The fourth-order valence-electron chi connectivity index (χ4n) is 3.70. The second kappa shape index (κ2) is 10.3. The van der Waals surface area contributed by atoms with Crippen LogP contribution < -0.4 is 15.1 Å². The van der Waals surface area contributed by atoms with Crippen molar-refractivity contribution in [3.8, 4) is 0 Å². The summed E-state index contributed by atoms with van der Waals surface area (Å²) < 4.78 is 0. The molecule has 2 rings (SSSR count). The number of quaternary nitrogens is 1. The van der Waals surface area contributed by atoms with E-state index in [0.29, 0.717) is 13.1 Å². The van der Waals surface area contributed by atoms with Gasteiger partial charge in [0.1, 0.15) is 0 Å². The smallest absolute Gasteiger partial charge is 0.282 e. The molecular formula is C21H34N3O2+. The normalized spacial score (nSPS) is 16.3. The molecule has 1 aromatic carbocycles. The first kappa shape index (κ1) is 20.4. The van der Waals surface area contributed by atoms with Crippen molar-refractivity contribution in [2.24, 2.45) is 0 Å². The topological polar surface area (TPSA) is 53.9 Å². The Balaban J connectivity index is 2.08. The van der Waals surface area contributed by atoms with Crippen molar-refractivity contribution < 1.29 is 14.5 Å². The fourth-order valence-corrected chi connectivity index (χ4v) is 3.70. The predicted molar refractivity (Wildman–Crippen MR) is 105 cm³/mol. The molecule has 0 heterocycles. The van der Waals surface area contributed by atoms with E-state index >= 15 is 0 Å². The van der Waals surface area contributed by atoms with Crippen molar-refractivity contribution in [2.45, 2.75) is 65.0 Å². The van der Waals surface area contributed by atoms with Gasteiger partial charge in [-0.2, -0.15) is 0 Å². The molecule has 5 heteroatoms. The second-order valence-corrected chi connectivity index (χ2v) is 7.57. The van der Waals surface area contributed by atoms with Crippen LogP contribution >= 0.6 is 0 Å². The van der Waals surface area contributed by atoms with Crippen molar-refractivity contribution in [3.63, 3.8) is 0 Å². The zero-order valence-electron chi connectivity index (χ0n) is 16.5. The van der Waals surface area contributed by atoms with Gasteiger partial charge in [0.05, 0.1) is 6.54 Å². The van der Waals surface area contributed by atoms with E-state index in [1.807, 2.05) is 56.0 Å². The Morgan fingerprint density at radius 2 is 1.77 bits per heavy atom. The number of nitrogens with one attached hydrogen (secondary N) is 2. The highest BCUT2D eigenvalue weighted by Crippen LogP contribution is 2.27. The minimum Gasteiger partial charge on any atom is -0.349 e. The number of hydrogen-bond acceptors (Lipinski definition) is 2. The number of rotatable bonds is 8. The third kappa shape index (κ3) is 6.13. The van der Waals surface area contributed by atoms with Gasteiger partial charge in [-0.3, -0.25) is 9.59 Å². The maximum absolute atomic E-state index is 13.2. The minimum absolute atomic E-state index is 0.00794. The van der Waals surface area contributed by atoms with E-state index in [2.05, 4.69) is 5.32 Å². The van der Waals surface area contributed by atoms with Crippen LogP contribution in [0.25, 0.3) is 0 Å². The zero-order valence-corrected chi connectivity index (χ0v) is 16.5. The highest BCUT2D eigenvalue weighted by atomic mass is 16.2. The predicted octanol–water partition coefficient (Wildman–Crippen LogP) is 1.78. The molecule has 0 saturated heterocycles. The number of anilines is 1. The lowest BCUT2D eigenvalue weighted by Gasteiger charge is -2.35. The summed E-state index contributed by atoms with van der Waals surface area (Å²) in [5.74, 6) is 0.130. The quantitative estimate of drug-likeness (QED) is 0.743. The van der Waals surface area contributed by atoms with Gasteiger partial charge in [-0.05, 0) is 45.7 Å². The molecule has 5 nitrogen and oxygen atoms in total. The van der Waals surface area contributed by atoms with Crippen LogP contribution in [0.1, 0.15) is 52.9 Å². The number of carbonyl (C=O) groups excluding carboxylic acids is 2. The molecule has 0 bridgehead atoms. The highest BCUT2D eigenvalue weighted by molar-refractivity contribution is 5.94. The SMILES string of the molecule is CC[NH+](CC(=O)NC(C)C)CC(=O)N(c1ccccc1)C1CCCCC1. The molecule has 1 aliphatic rings. The molecule has 2 amide bonds. The van der Waals surface area contributed by atoms with E-state index in [1.165, 1.54) is 19.3 Å². The molecule has 1 aliphatic carbocycles. The molecule has 1 fully saturated rings. The molecule has 1 aromatic rings. The van der Waals surface area contributed by atoms with Crippen molar-refractivity contribution in [1.82, 2.24) is 5.32 Å². The van der Waals surface area contributed by atoms with Crippen LogP contribution in [-0.2, 0) is 9.59 Å². The molecule has 0 spiro atoms. The number of hydrogen-bond donors (Lipinski definition) is 2. The summed E-state index contributed by atoms with van der Waals surface area (Å²) in [5, 5.41) is 2.92. The monoisotopic (exact) mass is 360 g/mol. The Morgan fingerprint density at radius 3 is 2.35 bits per heavy atom. The Bertz CT molecular complexity index is 568. The molecule has 1 saturated carbocycles. The molecule has 26 heavy (non-hydrogen) atoms. The summed E-state index contributed by atoms with van der Waals surface area (Å²) in [5.41, 5.74) is 0.978. The van der Waals surface area contributed by atoms with Crippen LogP contribution in [0, 0.1) is 0 Å². The fraction of sp³-hybridized carbons (Fsp3) is 0.619. The molecule has 1 atom stereocenters. The van der Waals surface area contributed by atoms with Gasteiger partial charge >= 0.3 is 0 Å². The first-order chi connectivity index (χ1) is 12.5. The molecule has 0 aromatic heterocycles.